The van der Waals surface area contributed by atoms with Crippen LogP contribution in [-0.4, -0.2) is 34.8 Å². The molecule has 0 spiro atoms. The van der Waals surface area contributed by atoms with Gasteiger partial charge < -0.3 is 11.1 Å². The van der Waals surface area contributed by atoms with Crippen molar-refractivity contribution in [2.24, 2.45) is 0 Å². The number of benzene rings is 2. The Morgan fingerprint density at radius 3 is 2.68 bits per heavy atom. The predicted octanol–water partition coefficient (Wildman–Crippen LogP) is 3.06. The number of hydrogen-bond acceptors (Lipinski definition) is 7. The van der Waals surface area contributed by atoms with Gasteiger partial charge in [-0.25, -0.2) is 13.4 Å². The van der Waals surface area contributed by atoms with Gasteiger partial charge in [0.1, 0.15) is 11.5 Å². The van der Waals surface area contributed by atoms with E-state index in [0.29, 0.717) is 22.5 Å². The maximum Gasteiger partial charge on any atom is 0.229 e. The average molecular weight is 394 g/mol. The topological polar surface area (TPSA) is 127 Å². The second-order valence-electron chi connectivity index (χ2n) is 6.49. The summed E-state index contributed by atoms with van der Waals surface area (Å²) in [7, 11) is -3.33. The molecule has 0 aliphatic rings. The minimum Gasteiger partial charge on any atom is -0.383 e. The molecule has 0 saturated heterocycles. The number of nitrogens with two attached hydrogens (primary N) is 1. The van der Waals surface area contributed by atoms with Crippen molar-refractivity contribution < 1.29 is 8.42 Å². The highest BCUT2D eigenvalue weighted by Crippen LogP contribution is 2.30. The van der Waals surface area contributed by atoms with E-state index in [1.165, 1.54) is 6.26 Å². The smallest absolute Gasteiger partial charge is 0.229 e. The number of rotatable bonds is 4. The molecular formula is C19H18N6O2S. The number of para-hydroxylation sites is 1. The molecule has 142 valence electrons. The van der Waals surface area contributed by atoms with Crippen LogP contribution in [0.2, 0.25) is 0 Å². The molecule has 9 heteroatoms. The Bertz CT molecular complexity index is 1300. The Balaban J connectivity index is 1.68. The number of nitrogens with zero attached hydrogens (tertiary/aromatic N) is 3. The van der Waals surface area contributed by atoms with Crippen molar-refractivity contribution in [2.45, 2.75) is 11.8 Å². The maximum absolute atomic E-state index is 11.9. The van der Waals surface area contributed by atoms with Crippen molar-refractivity contribution in [3.8, 4) is 11.3 Å². The number of fused-ring (bicyclic) bond motifs is 1. The average Bonchev–Trinajstić information content (AvgIpc) is 3.06. The third-order valence-corrected chi connectivity index (χ3v) is 5.63. The number of H-pyrrole nitrogens is 1. The Morgan fingerprint density at radius 2 is 1.93 bits per heavy atom. The first kappa shape index (κ1) is 17.9. The van der Waals surface area contributed by atoms with Crippen molar-refractivity contribution >= 4 is 38.2 Å². The molecule has 28 heavy (non-hydrogen) atoms. The van der Waals surface area contributed by atoms with E-state index in [4.69, 9.17) is 5.73 Å². The number of sulfone groups is 1. The van der Waals surface area contributed by atoms with Gasteiger partial charge in [0.15, 0.2) is 9.84 Å². The molecule has 0 amide bonds. The summed E-state index contributed by atoms with van der Waals surface area (Å²) >= 11 is 0. The summed E-state index contributed by atoms with van der Waals surface area (Å²) in [5, 5.41) is 11.2. The fourth-order valence-corrected chi connectivity index (χ4v) is 4.01. The van der Waals surface area contributed by atoms with Crippen LogP contribution in [0.1, 0.15) is 5.56 Å². The lowest BCUT2D eigenvalue weighted by atomic mass is 10.1. The van der Waals surface area contributed by atoms with Crippen LogP contribution in [0.3, 0.4) is 0 Å². The van der Waals surface area contributed by atoms with Crippen LogP contribution in [0, 0.1) is 6.92 Å². The number of hydrogen-bond donors (Lipinski definition) is 3. The van der Waals surface area contributed by atoms with E-state index in [-0.39, 0.29) is 16.7 Å². The highest BCUT2D eigenvalue weighted by molar-refractivity contribution is 7.90. The minimum atomic E-state index is -3.33. The third kappa shape index (κ3) is 3.27. The number of anilines is 3. The van der Waals surface area contributed by atoms with Gasteiger partial charge in [-0.2, -0.15) is 10.1 Å². The van der Waals surface area contributed by atoms with E-state index in [0.717, 1.165) is 10.9 Å². The van der Waals surface area contributed by atoms with Gasteiger partial charge in [0.25, 0.3) is 0 Å². The van der Waals surface area contributed by atoms with Crippen molar-refractivity contribution in [1.29, 1.82) is 0 Å². The Labute approximate surface area is 161 Å². The van der Waals surface area contributed by atoms with Crippen LogP contribution < -0.4 is 11.1 Å². The summed E-state index contributed by atoms with van der Waals surface area (Å²) in [5.41, 5.74) is 9.56. The summed E-state index contributed by atoms with van der Waals surface area (Å²) in [6, 6.07) is 12.8. The van der Waals surface area contributed by atoms with E-state index >= 15 is 0 Å². The molecular weight excluding hydrogens is 376 g/mol. The third-order valence-electron chi connectivity index (χ3n) is 4.39. The minimum absolute atomic E-state index is 0.255. The fraction of sp³-hybridized carbons (Fsp3) is 0.105. The summed E-state index contributed by atoms with van der Waals surface area (Å²) in [5.74, 6) is 0.537. The quantitative estimate of drug-likeness (QED) is 0.485. The van der Waals surface area contributed by atoms with Gasteiger partial charge in [0.2, 0.25) is 5.95 Å². The SMILES string of the molecule is Cc1ccc(Nc2ncc(-c3n[nH]c4ccccc34)c(N)n2)cc1S(C)(=O)=O. The van der Waals surface area contributed by atoms with Crippen molar-refractivity contribution in [3.05, 3.63) is 54.2 Å². The first-order valence-corrected chi connectivity index (χ1v) is 10.4. The zero-order valence-corrected chi connectivity index (χ0v) is 16.1. The number of aryl methyl sites for hydroxylation is 1. The zero-order chi connectivity index (χ0) is 19.9. The van der Waals surface area contributed by atoms with Gasteiger partial charge >= 0.3 is 0 Å². The van der Waals surface area contributed by atoms with E-state index in [9.17, 15) is 8.42 Å². The number of aromatic amines is 1. The summed E-state index contributed by atoms with van der Waals surface area (Å²) in [4.78, 5) is 8.86. The molecule has 0 aliphatic heterocycles. The molecule has 0 aliphatic carbocycles. The predicted molar refractivity (Wildman–Crippen MR) is 109 cm³/mol. The number of nitrogens with one attached hydrogen (secondary N) is 2. The van der Waals surface area contributed by atoms with Crippen molar-refractivity contribution in [3.63, 3.8) is 0 Å². The first-order chi connectivity index (χ1) is 13.3. The molecule has 4 rings (SSSR count). The van der Waals surface area contributed by atoms with E-state index in [2.05, 4.69) is 25.5 Å². The van der Waals surface area contributed by atoms with Crippen LogP contribution >= 0.6 is 0 Å². The van der Waals surface area contributed by atoms with Crippen LogP contribution in [0.25, 0.3) is 22.2 Å². The Morgan fingerprint density at radius 1 is 1.14 bits per heavy atom. The van der Waals surface area contributed by atoms with Gasteiger partial charge in [-0.05, 0) is 30.7 Å². The van der Waals surface area contributed by atoms with Gasteiger partial charge in [-0.15, -0.1) is 0 Å². The second kappa shape index (κ2) is 6.61. The Hall–Kier alpha value is -3.46. The first-order valence-electron chi connectivity index (χ1n) is 8.46. The largest absolute Gasteiger partial charge is 0.383 e. The zero-order valence-electron chi connectivity index (χ0n) is 15.3. The van der Waals surface area contributed by atoms with E-state index in [1.54, 1.807) is 31.3 Å². The molecule has 4 N–H and O–H groups in total. The lowest BCUT2D eigenvalue weighted by molar-refractivity contribution is 0.601. The maximum atomic E-state index is 11.9. The standard InChI is InChI=1S/C19H18N6O2S/c1-11-7-8-12(9-16(11)28(2,26)27)22-19-21-10-14(18(20)23-19)17-13-5-3-4-6-15(13)24-25-17/h3-10H,1-2H3,(H,24,25)(H3,20,21,22,23). The van der Waals surface area contributed by atoms with Crippen LogP contribution in [0.15, 0.2) is 53.6 Å². The number of aromatic nitrogens is 4. The molecule has 0 atom stereocenters. The number of nitrogen functional groups attached to an aromatic ring is 1. The van der Waals surface area contributed by atoms with Crippen LogP contribution in [0.5, 0.6) is 0 Å². The molecule has 0 bridgehead atoms. The van der Waals surface area contributed by atoms with Gasteiger partial charge in [0.05, 0.1) is 16.0 Å². The lowest BCUT2D eigenvalue weighted by Gasteiger charge is -2.10. The molecule has 4 aromatic rings. The van der Waals surface area contributed by atoms with E-state index < -0.39 is 9.84 Å². The molecule has 0 radical (unpaired) electrons. The highest BCUT2D eigenvalue weighted by Gasteiger charge is 2.15. The molecule has 0 fully saturated rings. The molecule has 0 saturated carbocycles. The van der Waals surface area contributed by atoms with Crippen LogP contribution in [0.4, 0.5) is 17.5 Å². The molecule has 2 heterocycles. The van der Waals surface area contributed by atoms with Crippen molar-refractivity contribution in [1.82, 2.24) is 20.2 Å². The fourth-order valence-electron chi connectivity index (χ4n) is 3.01. The lowest BCUT2D eigenvalue weighted by Crippen LogP contribution is -2.04. The van der Waals surface area contributed by atoms with Crippen molar-refractivity contribution in [2.75, 3.05) is 17.3 Å². The summed E-state index contributed by atoms with van der Waals surface area (Å²) < 4.78 is 23.8. The van der Waals surface area contributed by atoms with Gasteiger partial charge in [0, 0.05) is 23.5 Å². The summed E-state index contributed by atoms with van der Waals surface area (Å²) in [6.07, 6.45) is 2.77. The van der Waals surface area contributed by atoms with E-state index in [1.807, 2.05) is 24.3 Å². The van der Waals surface area contributed by atoms with Crippen LogP contribution in [-0.2, 0) is 9.84 Å². The second-order valence-corrected chi connectivity index (χ2v) is 8.47. The summed E-state index contributed by atoms with van der Waals surface area (Å²) in [6.45, 7) is 1.75. The normalized spacial score (nSPS) is 11.6. The highest BCUT2D eigenvalue weighted by atomic mass is 32.2. The molecule has 8 nitrogen and oxygen atoms in total. The van der Waals surface area contributed by atoms with Gasteiger partial charge in [-0.3, -0.25) is 5.10 Å². The molecule has 0 unspecified atom stereocenters. The molecule has 2 aromatic carbocycles. The monoisotopic (exact) mass is 394 g/mol. The van der Waals surface area contributed by atoms with Gasteiger partial charge in [-0.1, -0.05) is 24.3 Å². The molecule has 2 aromatic heterocycles. The Kier molecular flexibility index (Phi) is 4.23.